The van der Waals surface area contributed by atoms with Gasteiger partial charge in [0.2, 0.25) is 10.0 Å². The van der Waals surface area contributed by atoms with Crippen molar-refractivity contribution in [1.82, 2.24) is 18.9 Å². The van der Waals surface area contributed by atoms with Crippen molar-refractivity contribution in [3.05, 3.63) is 61.5 Å². The quantitative estimate of drug-likeness (QED) is 0.550. The van der Waals surface area contributed by atoms with Gasteiger partial charge in [0.05, 0.1) is 10.0 Å². The SMILES string of the molecule is O=c1n(CCCNS(=O)(=O)c2c(Cl)cc(Br)cc2Cl)nc2ccccn12. The van der Waals surface area contributed by atoms with Crippen LogP contribution in [0.25, 0.3) is 5.65 Å². The minimum atomic E-state index is -3.88. The second-order valence-electron chi connectivity index (χ2n) is 5.38. The van der Waals surface area contributed by atoms with Crippen molar-refractivity contribution >= 4 is 54.8 Å². The largest absolute Gasteiger partial charge is 0.350 e. The molecule has 0 aliphatic rings. The van der Waals surface area contributed by atoms with Crippen molar-refractivity contribution in [3.8, 4) is 0 Å². The smallest absolute Gasteiger partial charge is 0.250 e. The van der Waals surface area contributed by atoms with E-state index in [1.54, 1.807) is 24.4 Å². The number of fused-ring (bicyclic) bond motifs is 1. The van der Waals surface area contributed by atoms with E-state index < -0.39 is 10.0 Å². The molecule has 7 nitrogen and oxygen atoms in total. The van der Waals surface area contributed by atoms with Gasteiger partial charge in [0.25, 0.3) is 0 Å². The average Bonchev–Trinajstić information content (AvgIpc) is 2.87. The summed E-state index contributed by atoms with van der Waals surface area (Å²) >= 11 is 15.2. The summed E-state index contributed by atoms with van der Waals surface area (Å²) in [6.45, 7) is 0.371. The van der Waals surface area contributed by atoms with E-state index in [0.29, 0.717) is 16.5 Å². The number of aryl methyl sites for hydroxylation is 1. The second kappa shape index (κ2) is 7.69. The Hall–Kier alpha value is -1.39. The Morgan fingerprint density at radius 1 is 1.19 bits per heavy atom. The van der Waals surface area contributed by atoms with E-state index in [1.165, 1.54) is 21.2 Å². The molecule has 0 atom stereocenters. The summed E-state index contributed by atoms with van der Waals surface area (Å²) in [6, 6.07) is 8.15. The lowest BCUT2D eigenvalue weighted by Gasteiger charge is -2.10. The zero-order valence-electron chi connectivity index (χ0n) is 13.2. The minimum Gasteiger partial charge on any atom is -0.250 e. The number of hydrogen-bond acceptors (Lipinski definition) is 4. The molecular formula is C15H13BrCl2N4O3S. The highest BCUT2D eigenvalue weighted by atomic mass is 79.9. The summed E-state index contributed by atoms with van der Waals surface area (Å²) in [6.07, 6.45) is 2.00. The maximum absolute atomic E-state index is 12.4. The topological polar surface area (TPSA) is 85.5 Å². The number of benzene rings is 1. The van der Waals surface area contributed by atoms with E-state index >= 15 is 0 Å². The van der Waals surface area contributed by atoms with Crippen LogP contribution in [0.1, 0.15) is 6.42 Å². The summed E-state index contributed by atoms with van der Waals surface area (Å²) < 4.78 is 30.6. The number of rotatable bonds is 6. The fraction of sp³-hybridized carbons (Fsp3) is 0.200. The summed E-state index contributed by atoms with van der Waals surface area (Å²) in [5.74, 6) is 0. The van der Waals surface area contributed by atoms with Gasteiger partial charge in [0, 0.05) is 23.8 Å². The molecule has 1 aromatic carbocycles. The molecule has 138 valence electrons. The van der Waals surface area contributed by atoms with Crippen molar-refractivity contribution in [2.45, 2.75) is 17.9 Å². The number of nitrogens with one attached hydrogen (secondary N) is 1. The first-order chi connectivity index (χ1) is 12.3. The Balaban J connectivity index is 1.68. The number of hydrogen-bond donors (Lipinski definition) is 1. The fourth-order valence-corrected chi connectivity index (χ4v) is 5.41. The number of sulfonamides is 1. The maximum Gasteiger partial charge on any atom is 0.350 e. The molecule has 1 N–H and O–H groups in total. The highest BCUT2D eigenvalue weighted by Crippen LogP contribution is 2.32. The van der Waals surface area contributed by atoms with Gasteiger partial charge in [-0.25, -0.2) is 22.6 Å². The van der Waals surface area contributed by atoms with Crippen LogP contribution in [0.2, 0.25) is 10.0 Å². The molecule has 0 amide bonds. The van der Waals surface area contributed by atoms with Crippen LogP contribution in [0.5, 0.6) is 0 Å². The molecule has 0 aliphatic heterocycles. The standard InChI is InChI=1S/C15H13BrCl2N4O3S/c16-10-8-11(17)14(12(18)9-10)26(24,25)19-5-3-7-22-15(23)21-6-2-1-4-13(21)20-22/h1-2,4,6,8-9,19H,3,5,7H2. The van der Waals surface area contributed by atoms with Crippen molar-refractivity contribution in [2.24, 2.45) is 0 Å². The molecule has 0 aliphatic carbocycles. The van der Waals surface area contributed by atoms with E-state index in [0.717, 1.165) is 0 Å². The molecule has 2 heterocycles. The molecule has 0 saturated heterocycles. The van der Waals surface area contributed by atoms with Crippen molar-refractivity contribution < 1.29 is 8.42 Å². The molecule has 26 heavy (non-hydrogen) atoms. The lowest BCUT2D eigenvalue weighted by Crippen LogP contribution is -2.28. The van der Waals surface area contributed by atoms with Crippen LogP contribution in [0, 0.1) is 0 Å². The van der Waals surface area contributed by atoms with Crippen LogP contribution < -0.4 is 10.4 Å². The summed E-state index contributed by atoms with van der Waals surface area (Å²) in [4.78, 5) is 12.0. The van der Waals surface area contributed by atoms with Crippen LogP contribution in [0.4, 0.5) is 0 Å². The average molecular weight is 480 g/mol. The molecule has 0 bridgehead atoms. The zero-order valence-corrected chi connectivity index (χ0v) is 17.1. The minimum absolute atomic E-state index is 0.0217. The predicted molar refractivity (Wildman–Crippen MR) is 103 cm³/mol. The van der Waals surface area contributed by atoms with Crippen LogP contribution in [0.15, 0.2) is 50.7 Å². The lowest BCUT2D eigenvalue weighted by molar-refractivity contribution is 0.543. The Labute approximate surface area is 167 Å². The molecule has 3 rings (SSSR count). The Morgan fingerprint density at radius 2 is 1.88 bits per heavy atom. The van der Waals surface area contributed by atoms with Gasteiger partial charge >= 0.3 is 5.69 Å². The Kier molecular flexibility index (Phi) is 5.73. The van der Waals surface area contributed by atoms with E-state index in [1.807, 2.05) is 0 Å². The number of aromatic nitrogens is 3. The van der Waals surface area contributed by atoms with Crippen molar-refractivity contribution in [2.75, 3.05) is 6.54 Å². The summed E-state index contributed by atoms with van der Waals surface area (Å²) in [5, 5.41) is 4.23. The summed E-state index contributed by atoms with van der Waals surface area (Å²) in [7, 11) is -3.88. The van der Waals surface area contributed by atoms with Gasteiger partial charge in [-0.2, -0.15) is 0 Å². The number of nitrogens with zero attached hydrogens (tertiary/aromatic N) is 3. The molecule has 3 aromatic rings. The first-order valence-electron chi connectivity index (χ1n) is 7.48. The van der Waals surface area contributed by atoms with E-state index in [4.69, 9.17) is 23.2 Å². The van der Waals surface area contributed by atoms with Crippen LogP contribution in [-0.2, 0) is 16.6 Å². The third kappa shape index (κ3) is 3.96. The number of halogens is 3. The highest BCUT2D eigenvalue weighted by molar-refractivity contribution is 9.10. The van der Waals surface area contributed by atoms with Gasteiger partial charge < -0.3 is 0 Å². The van der Waals surface area contributed by atoms with Gasteiger partial charge in [0.1, 0.15) is 4.90 Å². The van der Waals surface area contributed by atoms with Gasteiger partial charge in [0.15, 0.2) is 5.65 Å². The Morgan fingerprint density at radius 3 is 2.54 bits per heavy atom. The van der Waals surface area contributed by atoms with Crippen molar-refractivity contribution in [1.29, 1.82) is 0 Å². The van der Waals surface area contributed by atoms with E-state index in [2.05, 4.69) is 25.8 Å². The van der Waals surface area contributed by atoms with Gasteiger partial charge in [-0.15, -0.1) is 5.10 Å². The monoisotopic (exact) mass is 478 g/mol. The van der Waals surface area contributed by atoms with Crippen LogP contribution >= 0.6 is 39.1 Å². The third-order valence-electron chi connectivity index (χ3n) is 3.56. The molecule has 0 unspecified atom stereocenters. The van der Waals surface area contributed by atoms with E-state index in [-0.39, 0.29) is 33.7 Å². The molecule has 0 spiro atoms. The zero-order chi connectivity index (χ0) is 18.9. The number of pyridine rings is 1. The molecule has 0 fully saturated rings. The predicted octanol–water partition coefficient (Wildman–Crippen LogP) is 2.93. The lowest BCUT2D eigenvalue weighted by atomic mass is 10.4. The van der Waals surface area contributed by atoms with Gasteiger partial charge in [-0.3, -0.25) is 4.40 Å². The molecule has 2 aromatic heterocycles. The molecule has 11 heteroatoms. The van der Waals surface area contributed by atoms with Crippen molar-refractivity contribution in [3.63, 3.8) is 0 Å². The molecule has 0 radical (unpaired) electrons. The Bertz CT molecular complexity index is 1100. The maximum atomic E-state index is 12.4. The first kappa shape index (κ1) is 19.4. The summed E-state index contributed by atoms with van der Waals surface area (Å²) in [5.41, 5.74) is 0.258. The normalized spacial score (nSPS) is 12.0. The van der Waals surface area contributed by atoms with Crippen LogP contribution in [-0.4, -0.2) is 29.1 Å². The van der Waals surface area contributed by atoms with E-state index in [9.17, 15) is 13.2 Å². The van der Waals surface area contributed by atoms with Crippen LogP contribution in [0.3, 0.4) is 0 Å². The first-order valence-corrected chi connectivity index (χ1v) is 10.5. The fourth-order valence-electron chi connectivity index (χ4n) is 2.41. The van der Waals surface area contributed by atoms with Gasteiger partial charge in [-0.1, -0.05) is 45.2 Å². The molecule has 0 saturated carbocycles. The second-order valence-corrected chi connectivity index (χ2v) is 8.82. The third-order valence-corrected chi connectivity index (χ3v) is 6.40. The highest BCUT2D eigenvalue weighted by Gasteiger charge is 2.22. The molecular weight excluding hydrogens is 467 g/mol. The van der Waals surface area contributed by atoms with Gasteiger partial charge in [-0.05, 0) is 30.7 Å².